The van der Waals surface area contributed by atoms with Gasteiger partial charge >= 0.3 is 0 Å². The predicted octanol–water partition coefficient (Wildman–Crippen LogP) is 2.06. The third kappa shape index (κ3) is 3.33. The van der Waals surface area contributed by atoms with Crippen molar-refractivity contribution in [2.24, 2.45) is 0 Å². The van der Waals surface area contributed by atoms with Gasteiger partial charge in [0.05, 0.1) is 14.2 Å². The van der Waals surface area contributed by atoms with Gasteiger partial charge in [0.25, 0.3) is 0 Å². The first-order chi connectivity index (χ1) is 11.7. The summed E-state index contributed by atoms with van der Waals surface area (Å²) in [5.41, 5.74) is 1.37. The first-order valence-corrected chi connectivity index (χ1v) is 7.69. The van der Waals surface area contributed by atoms with Crippen molar-refractivity contribution in [2.45, 2.75) is 12.5 Å². The number of hydrogen-bond acceptors (Lipinski definition) is 7. The molecule has 0 unspecified atom stereocenters. The Balaban J connectivity index is 1.73. The number of nitrogens with one attached hydrogen (secondary N) is 1. The Bertz CT molecular complexity index is 737. The van der Waals surface area contributed by atoms with Crippen LogP contribution in [0.4, 0.5) is 11.5 Å². The molecule has 1 aromatic heterocycles. The van der Waals surface area contributed by atoms with Crippen molar-refractivity contribution in [3.8, 4) is 17.6 Å². The first kappa shape index (κ1) is 15.9. The highest BCUT2D eigenvalue weighted by Gasteiger charge is 2.24. The molecule has 0 radical (unpaired) electrons. The van der Waals surface area contributed by atoms with Gasteiger partial charge in [-0.2, -0.15) is 5.26 Å². The predicted molar refractivity (Wildman–Crippen MR) is 90.5 cm³/mol. The van der Waals surface area contributed by atoms with Gasteiger partial charge < -0.3 is 19.7 Å². The summed E-state index contributed by atoms with van der Waals surface area (Å²) < 4.78 is 10.7. The van der Waals surface area contributed by atoms with E-state index in [2.05, 4.69) is 26.3 Å². The lowest BCUT2D eigenvalue weighted by Gasteiger charge is -2.20. The fourth-order valence-electron chi connectivity index (χ4n) is 2.81. The second kappa shape index (κ2) is 7.04. The third-order valence-corrected chi connectivity index (χ3v) is 4.03. The lowest BCUT2D eigenvalue weighted by atomic mass is 10.2. The molecule has 2 aromatic rings. The fourth-order valence-corrected chi connectivity index (χ4v) is 2.81. The molecular formula is C17H19N5O2. The number of nitrogens with zero attached hydrogens (tertiary/aromatic N) is 4. The van der Waals surface area contributed by atoms with Crippen molar-refractivity contribution < 1.29 is 9.47 Å². The number of methoxy groups -OCH3 is 2. The van der Waals surface area contributed by atoms with Crippen LogP contribution in [0.5, 0.6) is 11.5 Å². The summed E-state index contributed by atoms with van der Waals surface area (Å²) in [7, 11) is 3.29. The van der Waals surface area contributed by atoms with Crippen molar-refractivity contribution in [3.63, 3.8) is 0 Å². The van der Waals surface area contributed by atoms with Crippen LogP contribution in [0.1, 0.15) is 12.1 Å². The molecule has 3 rings (SSSR count). The maximum absolute atomic E-state index is 9.11. The highest BCUT2D eigenvalue weighted by molar-refractivity contribution is 5.57. The molecule has 1 fully saturated rings. The summed E-state index contributed by atoms with van der Waals surface area (Å²) in [6, 6.07) is 8.10. The van der Waals surface area contributed by atoms with E-state index in [9.17, 15) is 0 Å². The number of ether oxygens (including phenoxy) is 2. The van der Waals surface area contributed by atoms with Gasteiger partial charge in [-0.05, 0) is 6.42 Å². The van der Waals surface area contributed by atoms with Crippen LogP contribution >= 0.6 is 0 Å². The second-order valence-electron chi connectivity index (χ2n) is 5.51. The Morgan fingerprint density at radius 3 is 2.54 bits per heavy atom. The van der Waals surface area contributed by atoms with Crippen molar-refractivity contribution >= 4 is 11.5 Å². The minimum Gasteiger partial charge on any atom is -0.497 e. The number of nitriles is 1. The molecule has 124 valence electrons. The molecule has 1 N–H and O–H groups in total. The molecule has 2 heterocycles. The van der Waals surface area contributed by atoms with Gasteiger partial charge in [-0.1, -0.05) is 0 Å². The highest BCUT2D eigenvalue weighted by atomic mass is 16.5. The summed E-state index contributed by atoms with van der Waals surface area (Å²) in [5, 5.41) is 12.4. The van der Waals surface area contributed by atoms with Gasteiger partial charge in [0, 0.05) is 55.4 Å². The van der Waals surface area contributed by atoms with Gasteiger partial charge in [-0.25, -0.2) is 9.97 Å². The molecule has 1 aliphatic heterocycles. The topological polar surface area (TPSA) is 83.3 Å². The molecule has 1 atom stereocenters. The lowest BCUT2D eigenvalue weighted by Crippen LogP contribution is -2.26. The third-order valence-electron chi connectivity index (χ3n) is 4.03. The van der Waals surface area contributed by atoms with Crippen LogP contribution in [-0.4, -0.2) is 43.3 Å². The molecule has 0 saturated carbocycles. The average Bonchev–Trinajstić information content (AvgIpc) is 3.10. The van der Waals surface area contributed by atoms with Crippen molar-refractivity contribution in [3.05, 3.63) is 36.3 Å². The van der Waals surface area contributed by atoms with E-state index in [-0.39, 0.29) is 6.04 Å². The minimum absolute atomic E-state index is 0.200. The van der Waals surface area contributed by atoms with E-state index in [1.54, 1.807) is 20.4 Å². The van der Waals surface area contributed by atoms with Crippen molar-refractivity contribution in [1.29, 1.82) is 5.26 Å². The van der Waals surface area contributed by atoms with Crippen LogP contribution in [0.25, 0.3) is 0 Å². The Hall–Kier alpha value is -3.01. The molecule has 1 aliphatic rings. The van der Waals surface area contributed by atoms with Crippen LogP contribution in [0.15, 0.2) is 30.6 Å². The zero-order chi connectivity index (χ0) is 16.9. The number of hydrogen-bond donors (Lipinski definition) is 1. The molecule has 0 aliphatic carbocycles. The molecule has 7 nitrogen and oxygen atoms in total. The number of anilines is 2. The summed E-state index contributed by atoms with van der Waals surface area (Å²) in [6.45, 7) is 1.70. The molecular weight excluding hydrogens is 306 g/mol. The Morgan fingerprint density at radius 1 is 1.17 bits per heavy atom. The zero-order valence-electron chi connectivity index (χ0n) is 13.7. The smallest absolute Gasteiger partial charge is 0.182 e. The summed E-state index contributed by atoms with van der Waals surface area (Å²) in [5.74, 6) is 2.07. The van der Waals surface area contributed by atoms with E-state index >= 15 is 0 Å². The molecule has 0 amide bonds. The van der Waals surface area contributed by atoms with E-state index in [4.69, 9.17) is 14.7 Å². The Labute approximate surface area is 140 Å². The van der Waals surface area contributed by atoms with Crippen molar-refractivity contribution in [2.75, 3.05) is 37.5 Å². The van der Waals surface area contributed by atoms with Crippen molar-refractivity contribution in [1.82, 2.24) is 9.97 Å². The number of benzene rings is 1. The second-order valence-corrected chi connectivity index (χ2v) is 5.51. The zero-order valence-corrected chi connectivity index (χ0v) is 13.7. The van der Waals surface area contributed by atoms with E-state index in [1.807, 2.05) is 18.2 Å². The van der Waals surface area contributed by atoms with E-state index in [0.717, 1.165) is 36.7 Å². The normalized spacial score (nSPS) is 16.5. The van der Waals surface area contributed by atoms with Gasteiger partial charge in [-0.15, -0.1) is 0 Å². The standard InChI is InChI=1S/C17H19N5O2/c1-23-14-7-13(8-15(9-14)24-2)22-6-3-12(11-22)21-17-16(10-18)19-4-5-20-17/h4-5,7-9,12H,3,6,11H2,1-2H3,(H,20,21)/t12-/m0/s1. The van der Waals surface area contributed by atoms with Crippen LogP contribution in [-0.2, 0) is 0 Å². The molecule has 0 bridgehead atoms. The van der Waals surface area contributed by atoms with Crippen LogP contribution in [0, 0.1) is 11.3 Å². The number of rotatable bonds is 5. The summed E-state index contributed by atoms with van der Waals surface area (Å²) in [4.78, 5) is 10.5. The molecule has 0 spiro atoms. The molecule has 7 heteroatoms. The lowest BCUT2D eigenvalue weighted by molar-refractivity contribution is 0.394. The minimum atomic E-state index is 0.200. The average molecular weight is 325 g/mol. The SMILES string of the molecule is COc1cc(OC)cc(N2CC[C@H](Nc3nccnc3C#N)C2)c1. The summed E-state index contributed by atoms with van der Waals surface area (Å²) in [6.07, 6.45) is 4.05. The van der Waals surface area contributed by atoms with Gasteiger partial charge in [0.15, 0.2) is 11.5 Å². The maximum atomic E-state index is 9.11. The Kier molecular flexibility index (Phi) is 4.66. The van der Waals surface area contributed by atoms with E-state index in [1.165, 1.54) is 6.20 Å². The van der Waals surface area contributed by atoms with Crippen LogP contribution in [0.3, 0.4) is 0 Å². The van der Waals surface area contributed by atoms with E-state index < -0.39 is 0 Å². The van der Waals surface area contributed by atoms with Crippen LogP contribution in [0.2, 0.25) is 0 Å². The monoisotopic (exact) mass is 325 g/mol. The number of aromatic nitrogens is 2. The van der Waals surface area contributed by atoms with Crippen LogP contribution < -0.4 is 19.7 Å². The van der Waals surface area contributed by atoms with E-state index in [0.29, 0.717) is 11.5 Å². The quantitative estimate of drug-likeness (QED) is 0.900. The van der Waals surface area contributed by atoms with Gasteiger partial charge in [-0.3, -0.25) is 0 Å². The first-order valence-electron chi connectivity index (χ1n) is 7.69. The molecule has 1 aromatic carbocycles. The van der Waals surface area contributed by atoms with Gasteiger partial charge in [0.1, 0.15) is 17.6 Å². The molecule has 1 saturated heterocycles. The Morgan fingerprint density at radius 2 is 1.88 bits per heavy atom. The molecule has 24 heavy (non-hydrogen) atoms. The summed E-state index contributed by atoms with van der Waals surface area (Å²) >= 11 is 0. The maximum Gasteiger partial charge on any atom is 0.182 e. The fraction of sp³-hybridized carbons (Fsp3) is 0.353. The van der Waals surface area contributed by atoms with Gasteiger partial charge in [0.2, 0.25) is 0 Å². The largest absolute Gasteiger partial charge is 0.497 e. The highest BCUT2D eigenvalue weighted by Crippen LogP contribution is 2.31.